The average Bonchev–Trinajstić information content (AvgIpc) is 3.20. The van der Waals surface area contributed by atoms with Crippen LogP contribution in [0.25, 0.3) is 10.7 Å². The van der Waals surface area contributed by atoms with Gasteiger partial charge in [0.1, 0.15) is 0 Å². The normalized spacial score (nSPS) is 12.5. The SMILES string of the molecule is CC[C@H](c1nc(-c2cccs2)no1)n1nc([N+](=O)[O-])cc1C. The van der Waals surface area contributed by atoms with E-state index in [4.69, 9.17) is 4.52 Å². The Hall–Kier alpha value is -2.55. The number of nitrogens with zero attached hydrogens (tertiary/aromatic N) is 5. The summed E-state index contributed by atoms with van der Waals surface area (Å²) in [4.78, 5) is 15.6. The smallest absolute Gasteiger partial charge is 0.358 e. The molecule has 0 aliphatic heterocycles. The third kappa shape index (κ3) is 2.50. The molecule has 0 amide bonds. The van der Waals surface area contributed by atoms with Gasteiger partial charge < -0.3 is 14.6 Å². The molecule has 3 heterocycles. The van der Waals surface area contributed by atoms with E-state index in [1.54, 1.807) is 11.6 Å². The molecule has 0 radical (unpaired) electrons. The van der Waals surface area contributed by atoms with Gasteiger partial charge in [0.2, 0.25) is 5.82 Å². The molecule has 0 bridgehead atoms. The Balaban J connectivity index is 1.96. The van der Waals surface area contributed by atoms with Crippen molar-refractivity contribution in [1.82, 2.24) is 19.9 Å². The van der Waals surface area contributed by atoms with Crippen LogP contribution in [0.4, 0.5) is 5.82 Å². The first kappa shape index (κ1) is 14.4. The van der Waals surface area contributed by atoms with Gasteiger partial charge >= 0.3 is 5.82 Å². The number of rotatable bonds is 5. The molecule has 3 aromatic heterocycles. The van der Waals surface area contributed by atoms with Crippen molar-refractivity contribution < 1.29 is 9.45 Å². The van der Waals surface area contributed by atoms with E-state index >= 15 is 0 Å². The van der Waals surface area contributed by atoms with E-state index in [2.05, 4.69) is 15.2 Å². The van der Waals surface area contributed by atoms with E-state index in [0.29, 0.717) is 23.8 Å². The van der Waals surface area contributed by atoms with Crippen LogP contribution in [0.5, 0.6) is 0 Å². The summed E-state index contributed by atoms with van der Waals surface area (Å²) in [6.45, 7) is 3.70. The molecule has 114 valence electrons. The van der Waals surface area contributed by atoms with Gasteiger partial charge in [0.15, 0.2) is 6.04 Å². The Morgan fingerprint density at radius 1 is 1.55 bits per heavy atom. The Bertz CT molecular complexity index is 793. The maximum atomic E-state index is 10.9. The van der Waals surface area contributed by atoms with Crippen molar-refractivity contribution >= 4 is 17.2 Å². The molecule has 9 heteroatoms. The summed E-state index contributed by atoms with van der Waals surface area (Å²) in [5.74, 6) is 0.726. The van der Waals surface area contributed by atoms with Gasteiger partial charge in [-0.05, 0) is 29.7 Å². The van der Waals surface area contributed by atoms with Crippen molar-refractivity contribution in [3.63, 3.8) is 0 Å². The molecule has 22 heavy (non-hydrogen) atoms. The minimum Gasteiger partial charge on any atom is -0.358 e. The molecule has 0 saturated carbocycles. The van der Waals surface area contributed by atoms with E-state index in [1.165, 1.54) is 17.4 Å². The van der Waals surface area contributed by atoms with Crippen molar-refractivity contribution in [3.05, 3.63) is 45.3 Å². The minimum atomic E-state index is -0.513. The summed E-state index contributed by atoms with van der Waals surface area (Å²) >= 11 is 1.52. The standard InChI is InChI=1S/C13H13N5O3S/c1-3-9(17-8(2)7-11(15-17)18(19)20)13-14-12(16-21-13)10-5-4-6-22-10/h4-7,9H,3H2,1-2H3/t9-/m1/s1. The van der Waals surface area contributed by atoms with Crippen LogP contribution >= 0.6 is 11.3 Å². The van der Waals surface area contributed by atoms with Gasteiger partial charge in [0.25, 0.3) is 5.89 Å². The first-order valence-corrected chi connectivity index (χ1v) is 7.56. The third-order valence-electron chi connectivity index (χ3n) is 3.25. The molecule has 0 saturated heterocycles. The first-order chi connectivity index (χ1) is 10.6. The van der Waals surface area contributed by atoms with Gasteiger partial charge in [0, 0.05) is 0 Å². The van der Waals surface area contributed by atoms with Crippen molar-refractivity contribution in [2.24, 2.45) is 0 Å². The number of aromatic nitrogens is 4. The Morgan fingerprint density at radius 3 is 2.95 bits per heavy atom. The second-order valence-corrected chi connectivity index (χ2v) is 5.65. The largest absolute Gasteiger partial charge is 0.390 e. The van der Waals surface area contributed by atoms with Gasteiger partial charge in [-0.2, -0.15) is 9.67 Å². The highest BCUT2D eigenvalue weighted by Gasteiger charge is 2.27. The summed E-state index contributed by atoms with van der Waals surface area (Å²) < 4.78 is 6.89. The molecule has 0 aromatic carbocycles. The Labute approximate surface area is 129 Å². The van der Waals surface area contributed by atoms with Gasteiger partial charge in [-0.1, -0.05) is 18.1 Å². The highest BCUT2D eigenvalue weighted by Crippen LogP contribution is 2.27. The van der Waals surface area contributed by atoms with Crippen LogP contribution in [0, 0.1) is 17.0 Å². The van der Waals surface area contributed by atoms with Crippen LogP contribution in [-0.2, 0) is 0 Å². The summed E-state index contributed by atoms with van der Waals surface area (Å²) in [5, 5.41) is 20.8. The third-order valence-corrected chi connectivity index (χ3v) is 4.11. The molecule has 0 aliphatic carbocycles. The van der Waals surface area contributed by atoms with E-state index < -0.39 is 4.92 Å². The molecular formula is C13H13N5O3S. The number of aryl methyl sites for hydroxylation is 1. The fourth-order valence-corrected chi connectivity index (χ4v) is 2.85. The lowest BCUT2D eigenvalue weighted by Crippen LogP contribution is -2.13. The number of hydrogen-bond acceptors (Lipinski definition) is 7. The molecule has 0 unspecified atom stereocenters. The number of thiophene rings is 1. The first-order valence-electron chi connectivity index (χ1n) is 6.68. The van der Waals surface area contributed by atoms with Gasteiger partial charge in [-0.3, -0.25) is 0 Å². The van der Waals surface area contributed by atoms with Crippen LogP contribution in [0.3, 0.4) is 0 Å². The fraction of sp³-hybridized carbons (Fsp3) is 0.308. The summed E-state index contributed by atoms with van der Waals surface area (Å²) in [5.41, 5.74) is 0.675. The van der Waals surface area contributed by atoms with Gasteiger partial charge in [-0.25, -0.2) is 0 Å². The maximum Gasteiger partial charge on any atom is 0.390 e. The predicted molar refractivity (Wildman–Crippen MR) is 79.7 cm³/mol. The lowest BCUT2D eigenvalue weighted by Gasteiger charge is -2.08. The van der Waals surface area contributed by atoms with Crippen LogP contribution in [0.1, 0.15) is 31.0 Å². The average molecular weight is 319 g/mol. The van der Waals surface area contributed by atoms with Crippen LogP contribution < -0.4 is 0 Å². The van der Waals surface area contributed by atoms with E-state index in [9.17, 15) is 10.1 Å². The fourth-order valence-electron chi connectivity index (χ4n) is 2.20. The van der Waals surface area contributed by atoms with Crippen LogP contribution in [0.2, 0.25) is 0 Å². The van der Waals surface area contributed by atoms with E-state index in [-0.39, 0.29) is 11.9 Å². The van der Waals surface area contributed by atoms with Gasteiger partial charge in [-0.15, -0.1) is 11.3 Å². The lowest BCUT2D eigenvalue weighted by molar-refractivity contribution is -0.389. The number of hydrogen-bond donors (Lipinski definition) is 0. The zero-order valence-electron chi connectivity index (χ0n) is 12.0. The van der Waals surface area contributed by atoms with Crippen molar-refractivity contribution in [3.8, 4) is 10.7 Å². The zero-order chi connectivity index (χ0) is 15.7. The molecule has 0 aliphatic rings. The molecule has 1 atom stereocenters. The highest BCUT2D eigenvalue weighted by molar-refractivity contribution is 7.13. The second kappa shape index (κ2) is 5.68. The van der Waals surface area contributed by atoms with Crippen molar-refractivity contribution in [2.75, 3.05) is 0 Å². The molecule has 0 fully saturated rings. The minimum absolute atomic E-state index is 0.186. The zero-order valence-corrected chi connectivity index (χ0v) is 12.8. The van der Waals surface area contributed by atoms with Crippen molar-refractivity contribution in [2.45, 2.75) is 26.3 Å². The van der Waals surface area contributed by atoms with E-state index in [0.717, 1.165) is 4.88 Å². The monoisotopic (exact) mass is 319 g/mol. The summed E-state index contributed by atoms with van der Waals surface area (Å²) in [6, 6.07) is 4.92. The Kier molecular flexibility index (Phi) is 3.72. The molecule has 8 nitrogen and oxygen atoms in total. The maximum absolute atomic E-state index is 10.9. The molecule has 0 spiro atoms. The second-order valence-electron chi connectivity index (χ2n) is 4.70. The summed E-state index contributed by atoms with van der Waals surface area (Å²) in [7, 11) is 0. The quantitative estimate of drug-likeness (QED) is 0.529. The Morgan fingerprint density at radius 2 is 2.36 bits per heavy atom. The van der Waals surface area contributed by atoms with Crippen LogP contribution in [-0.4, -0.2) is 24.8 Å². The molecule has 3 rings (SSSR count). The van der Waals surface area contributed by atoms with E-state index in [1.807, 2.05) is 24.4 Å². The number of nitro groups is 1. The lowest BCUT2D eigenvalue weighted by atomic mass is 10.2. The topological polar surface area (TPSA) is 99.9 Å². The molecular weight excluding hydrogens is 306 g/mol. The van der Waals surface area contributed by atoms with Gasteiger partial charge in [0.05, 0.1) is 21.7 Å². The predicted octanol–water partition coefficient (Wildman–Crippen LogP) is 3.21. The van der Waals surface area contributed by atoms with Crippen LogP contribution in [0.15, 0.2) is 28.1 Å². The summed E-state index contributed by atoms with van der Waals surface area (Å²) in [6.07, 6.45) is 0.631. The molecule has 0 N–H and O–H groups in total. The van der Waals surface area contributed by atoms with Crippen molar-refractivity contribution in [1.29, 1.82) is 0 Å². The highest BCUT2D eigenvalue weighted by atomic mass is 32.1. The molecule has 3 aromatic rings.